The van der Waals surface area contributed by atoms with Gasteiger partial charge in [0.2, 0.25) is 0 Å². The van der Waals surface area contributed by atoms with Crippen LogP contribution in [-0.2, 0) is 9.53 Å². The number of carboxylic acids is 1. The highest BCUT2D eigenvalue weighted by molar-refractivity contribution is 5.81. The van der Waals surface area contributed by atoms with Gasteiger partial charge in [0.25, 0.3) is 0 Å². The van der Waals surface area contributed by atoms with Crippen molar-refractivity contribution >= 4 is 12.1 Å². The Hall–Kier alpha value is -2.75. The maximum absolute atomic E-state index is 13.0. The monoisotopic (exact) mass is 442 g/mol. The molecule has 1 aliphatic carbocycles. The molecule has 2 aliphatic rings. The summed E-state index contributed by atoms with van der Waals surface area (Å²) in [5.41, 5.74) is 0.843. The molecule has 1 aromatic carbocycles. The molecule has 7 heteroatoms. The number of likely N-dealkylation sites (tertiary alicyclic amines) is 1. The average Bonchev–Trinajstić information content (AvgIpc) is 2.71. The van der Waals surface area contributed by atoms with Crippen LogP contribution >= 0.6 is 0 Å². The van der Waals surface area contributed by atoms with Crippen LogP contribution in [-0.4, -0.2) is 45.9 Å². The molecule has 3 rings (SSSR count). The second-order valence-corrected chi connectivity index (χ2v) is 10.0. The Morgan fingerprint density at radius 2 is 1.97 bits per heavy atom. The lowest BCUT2D eigenvalue weighted by atomic mass is 9.67. The van der Waals surface area contributed by atoms with E-state index in [1.54, 1.807) is 26.8 Å². The van der Waals surface area contributed by atoms with Crippen LogP contribution < -0.4 is 4.74 Å². The van der Waals surface area contributed by atoms with Gasteiger partial charge in [-0.2, -0.15) is 5.26 Å². The van der Waals surface area contributed by atoms with Crippen molar-refractivity contribution in [3.05, 3.63) is 29.3 Å². The Morgan fingerprint density at radius 3 is 2.56 bits per heavy atom. The first kappa shape index (κ1) is 23.9. The number of rotatable bonds is 4. The van der Waals surface area contributed by atoms with Gasteiger partial charge in [0.15, 0.2) is 0 Å². The molecule has 1 unspecified atom stereocenters. The minimum Gasteiger partial charge on any atom is -0.489 e. The van der Waals surface area contributed by atoms with Gasteiger partial charge >= 0.3 is 12.1 Å². The summed E-state index contributed by atoms with van der Waals surface area (Å²) in [5.74, 6) is -0.0741. The lowest BCUT2D eigenvalue weighted by molar-refractivity contribution is -0.150. The number of nitriles is 1. The van der Waals surface area contributed by atoms with Gasteiger partial charge in [-0.25, -0.2) is 9.59 Å². The van der Waals surface area contributed by atoms with E-state index in [-0.39, 0.29) is 24.0 Å². The number of benzene rings is 1. The van der Waals surface area contributed by atoms with Gasteiger partial charge in [-0.15, -0.1) is 0 Å². The van der Waals surface area contributed by atoms with Crippen LogP contribution in [0.1, 0.15) is 70.9 Å². The highest BCUT2D eigenvalue weighted by Gasteiger charge is 2.50. The summed E-state index contributed by atoms with van der Waals surface area (Å²) in [4.78, 5) is 26.6. The predicted molar refractivity (Wildman–Crippen MR) is 119 cm³/mol. The lowest BCUT2D eigenvalue weighted by Gasteiger charge is -2.51. The van der Waals surface area contributed by atoms with Crippen LogP contribution in [0.4, 0.5) is 4.79 Å². The molecule has 7 nitrogen and oxygen atoms in total. The molecule has 1 heterocycles. The van der Waals surface area contributed by atoms with Crippen molar-refractivity contribution in [2.75, 3.05) is 0 Å². The predicted octanol–water partition coefficient (Wildman–Crippen LogP) is 4.90. The fourth-order valence-electron chi connectivity index (χ4n) is 5.26. The molecule has 1 saturated heterocycles. The van der Waals surface area contributed by atoms with E-state index < -0.39 is 23.7 Å². The van der Waals surface area contributed by atoms with Crippen molar-refractivity contribution in [1.29, 1.82) is 5.26 Å². The third-order valence-electron chi connectivity index (χ3n) is 6.57. The van der Waals surface area contributed by atoms with E-state index in [1.165, 1.54) is 4.90 Å². The van der Waals surface area contributed by atoms with Gasteiger partial charge in [0, 0.05) is 6.04 Å². The highest BCUT2D eigenvalue weighted by Crippen LogP contribution is 2.45. The van der Waals surface area contributed by atoms with E-state index >= 15 is 0 Å². The number of nitrogens with zero attached hydrogens (tertiary/aromatic N) is 2. The smallest absolute Gasteiger partial charge is 0.411 e. The molecule has 174 valence electrons. The minimum atomic E-state index is -0.999. The number of carbonyl (C=O) groups is 2. The Kier molecular flexibility index (Phi) is 7.02. The number of aryl methyl sites for hydroxylation is 1. The van der Waals surface area contributed by atoms with Crippen molar-refractivity contribution in [3.8, 4) is 11.8 Å². The summed E-state index contributed by atoms with van der Waals surface area (Å²) < 4.78 is 11.8. The summed E-state index contributed by atoms with van der Waals surface area (Å²) >= 11 is 0. The number of carbonyl (C=O) groups excluding carboxylic acids is 1. The summed E-state index contributed by atoms with van der Waals surface area (Å²) in [5, 5.41) is 19.3. The van der Waals surface area contributed by atoms with Crippen LogP contribution in [0.3, 0.4) is 0 Å². The third kappa shape index (κ3) is 5.17. The molecule has 1 aromatic rings. The van der Waals surface area contributed by atoms with Crippen molar-refractivity contribution in [3.63, 3.8) is 0 Å². The molecule has 0 bridgehead atoms. The summed E-state index contributed by atoms with van der Waals surface area (Å²) in [6.45, 7) is 9.33. The second-order valence-electron chi connectivity index (χ2n) is 10.0. The largest absolute Gasteiger partial charge is 0.489 e. The van der Waals surface area contributed by atoms with Gasteiger partial charge in [0.05, 0.1) is 11.7 Å². The molecule has 1 aliphatic heterocycles. The van der Waals surface area contributed by atoms with Crippen LogP contribution in [0, 0.1) is 30.1 Å². The first-order valence-corrected chi connectivity index (χ1v) is 11.5. The number of hydrogen-bond acceptors (Lipinski definition) is 5. The van der Waals surface area contributed by atoms with E-state index in [2.05, 4.69) is 6.07 Å². The van der Waals surface area contributed by atoms with Crippen molar-refractivity contribution in [1.82, 2.24) is 4.90 Å². The molecule has 1 amide bonds. The molecule has 1 saturated carbocycles. The van der Waals surface area contributed by atoms with E-state index in [1.807, 2.05) is 26.0 Å². The van der Waals surface area contributed by atoms with Gasteiger partial charge in [-0.1, -0.05) is 13.0 Å². The first-order chi connectivity index (χ1) is 15.0. The SMILES string of the molecule is CCC1[C@@H]2CC[C@H](Oc3cc(C)ccc3C#N)C[C@@H]2C[C@@H](C(=O)O)N1C(=O)OC(C)(C)C. The number of hydrogen-bond donors (Lipinski definition) is 1. The topological polar surface area (TPSA) is 99.9 Å². The van der Waals surface area contributed by atoms with Crippen molar-refractivity contribution in [2.45, 2.75) is 90.5 Å². The normalized spacial score (nSPS) is 27.8. The Balaban J connectivity index is 1.80. The molecule has 1 N–H and O–H groups in total. The van der Waals surface area contributed by atoms with Crippen molar-refractivity contribution in [2.24, 2.45) is 11.8 Å². The van der Waals surface area contributed by atoms with E-state index in [0.717, 1.165) is 18.4 Å². The lowest BCUT2D eigenvalue weighted by Crippen LogP contribution is -2.61. The van der Waals surface area contributed by atoms with Gasteiger partial charge in [-0.05, 0) is 89.3 Å². The number of carboxylic acid groups (broad SMARTS) is 1. The quantitative estimate of drug-likeness (QED) is 0.712. The maximum atomic E-state index is 13.0. The highest BCUT2D eigenvalue weighted by atomic mass is 16.6. The van der Waals surface area contributed by atoms with Crippen LogP contribution in [0.5, 0.6) is 5.75 Å². The van der Waals surface area contributed by atoms with Gasteiger partial charge in [0.1, 0.15) is 23.5 Å². The summed E-state index contributed by atoms with van der Waals surface area (Å²) in [6.07, 6.45) is 2.79. The Bertz CT molecular complexity index is 901. The second kappa shape index (κ2) is 9.40. The van der Waals surface area contributed by atoms with E-state index in [0.29, 0.717) is 30.6 Å². The zero-order valence-corrected chi connectivity index (χ0v) is 19.6. The molecule has 0 aromatic heterocycles. The van der Waals surface area contributed by atoms with Crippen LogP contribution in [0.2, 0.25) is 0 Å². The Morgan fingerprint density at radius 1 is 1.25 bits per heavy atom. The fourth-order valence-corrected chi connectivity index (χ4v) is 5.26. The average molecular weight is 443 g/mol. The van der Waals surface area contributed by atoms with Crippen molar-refractivity contribution < 1.29 is 24.2 Å². The molecule has 0 spiro atoms. The molecular formula is C25H34N2O5. The molecular weight excluding hydrogens is 408 g/mol. The van der Waals surface area contributed by atoms with Crippen LogP contribution in [0.15, 0.2) is 18.2 Å². The number of piperidine rings is 1. The maximum Gasteiger partial charge on any atom is 0.411 e. The Labute approximate surface area is 190 Å². The zero-order valence-electron chi connectivity index (χ0n) is 19.6. The fraction of sp³-hybridized carbons (Fsp3) is 0.640. The number of aliphatic carboxylic acids is 1. The van der Waals surface area contributed by atoms with Crippen LogP contribution in [0.25, 0.3) is 0 Å². The number of ether oxygens (including phenoxy) is 2. The number of fused-ring (bicyclic) bond motifs is 1. The molecule has 32 heavy (non-hydrogen) atoms. The number of amides is 1. The standard InChI is InChI=1S/C25H34N2O5/c1-6-20-19-10-9-18(31-22-11-15(2)7-8-16(22)14-26)12-17(19)13-21(23(28)29)27(20)24(30)32-25(3,4)5/h7-8,11,17-21H,6,9-10,12-13H2,1-5H3,(H,28,29)/t17-,18+,19-,20?,21+/m1/s1. The van der Waals surface area contributed by atoms with Gasteiger partial charge < -0.3 is 14.6 Å². The zero-order chi connectivity index (χ0) is 23.6. The summed E-state index contributed by atoms with van der Waals surface area (Å²) in [7, 11) is 0. The van der Waals surface area contributed by atoms with Gasteiger partial charge in [-0.3, -0.25) is 4.90 Å². The first-order valence-electron chi connectivity index (χ1n) is 11.5. The minimum absolute atomic E-state index is 0.0785. The van der Waals surface area contributed by atoms with E-state index in [4.69, 9.17) is 9.47 Å². The molecule has 5 atom stereocenters. The molecule has 2 fully saturated rings. The summed E-state index contributed by atoms with van der Waals surface area (Å²) in [6, 6.07) is 6.62. The van der Waals surface area contributed by atoms with E-state index in [9.17, 15) is 20.0 Å². The third-order valence-corrected chi connectivity index (χ3v) is 6.57. The molecule has 0 radical (unpaired) electrons.